The number of amides is 1. The highest BCUT2D eigenvalue weighted by atomic mass is 16.6. The first-order valence-electron chi connectivity index (χ1n) is 5.39. The molecule has 0 aromatic carbocycles. The van der Waals surface area contributed by atoms with Gasteiger partial charge in [-0.1, -0.05) is 0 Å². The molecule has 1 aromatic heterocycles. The zero-order valence-corrected chi connectivity index (χ0v) is 10.2. The molecule has 94 valence electrons. The van der Waals surface area contributed by atoms with Crippen molar-refractivity contribution in [3.05, 3.63) is 24.2 Å². The number of furan rings is 1. The van der Waals surface area contributed by atoms with Gasteiger partial charge in [0.1, 0.15) is 17.6 Å². The average Bonchev–Trinajstić information content (AvgIpc) is 2.66. The molecule has 1 heterocycles. The van der Waals surface area contributed by atoms with Gasteiger partial charge in [-0.2, -0.15) is 0 Å². The van der Waals surface area contributed by atoms with Crippen molar-refractivity contribution in [3.8, 4) is 0 Å². The van der Waals surface area contributed by atoms with Crippen molar-refractivity contribution in [2.75, 3.05) is 0 Å². The van der Waals surface area contributed by atoms with Crippen LogP contribution in [0.4, 0.5) is 4.79 Å². The largest absolute Gasteiger partial charge is 0.467 e. The summed E-state index contributed by atoms with van der Waals surface area (Å²) in [6.45, 7) is 5.32. The highest BCUT2D eigenvalue weighted by molar-refractivity contribution is 5.69. The second kappa shape index (κ2) is 5.52. The third kappa shape index (κ3) is 4.72. The van der Waals surface area contributed by atoms with Crippen molar-refractivity contribution in [2.24, 2.45) is 0 Å². The number of alkyl carbamates (subject to hydrolysis) is 1. The van der Waals surface area contributed by atoms with Gasteiger partial charge in [-0.3, -0.25) is 0 Å². The van der Waals surface area contributed by atoms with E-state index in [2.05, 4.69) is 5.32 Å². The highest BCUT2D eigenvalue weighted by Gasteiger charge is 2.21. The first-order valence-corrected chi connectivity index (χ1v) is 5.39. The fourth-order valence-electron chi connectivity index (χ4n) is 1.28. The standard InChI is InChI=1S/C12H17NO4/c1-12(2,3)17-11(15)13-9(6-7-14)10-5-4-8-16-10/h4-5,7-9H,6H2,1-3H3,(H,13,15). The van der Waals surface area contributed by atoms with Gasteiger partial charge >= 0.3 is 6.09 Å². The number of nitrogens with one attached hydrogen (secondary N) is 1. The monoisotopic (exact) mass is 239 g/mol. The van der Waals surface area contributed by atoms with Gasteiger partial charge in [-0.15, -0.1) is 0 Å². The van der Waals surface area contributed by atoms with E-state index in [-0.39, 0.29) is 6.42 Å². The van der Waals surface area contributed by atoms with Crippen molar-refractivity contribution in [1.29, 1.82) is 0 Å². The van der Waals surface area contributed by atoms with Crippen LogP contribution in [0.2, 0.25) is 0 Å². The second-order valence-electron chi connectivity index (χ2n) is 4.62. The molecule has 1 atom stereocenters. The van der Waals surface area contributed by atoms with Crippen molar-refractivity contribution in [2.45, 2.75) is 38.8 Å². The Balaban J connectivity index is 2.62. The fraction of sp³-hybridized carbons (Fsp3) is 0.500. The molecule has 0 radical (unpaired) electrons. The molecule has 0 bridgehead atoms. The number of rotatable bonds is 4. The number of carbonyl (C=O) groups excluding carboxylic acids is 2. The van der Waals surface area contributed by atoms with E-state index >= 15 is 0 Å². The van der Waals surface area contributed by atoms with Crippen LogP contribution in [-0.4, -0.2) is 18.0 Å². The minimum absolute atomic E-state index is 0.146. The van der Waals surface area contributed by atoms with E-state index in [4.69, 9.17) is 9.15 Å². The summed E-state index contributed by atoms with van der Waals surface area (Å²) in [5.41, 5.74) is -0.570. The van der Waals surface area contributed by atoms with Gasteiger partial charge in [0.05, 0.1) is 12.3 Å². The number of hydrogen-bond acceptors (Lipinski definition) is 4. The van der Waals surface area contributed by atoms with Crippen molar-refractivity contribution >= 4 is 12.4 Å². The lowest BCUT2D eigenvalue weighted by atomic mass is 10.1. The molecule has 0 saturated heterocycles. The third-order valence-corrected chi connectivity index (χ3v) is 1.91. The van der Waals surface area contributed by atoms with E-state index in [1.54, 1.807) is 32.9 Å². The normalized spacial score (nSPS) is 12.9. The molecule has 0 spiro atoms. The number of carbonyl (C=O) groups is 2. The SMILES string of the molecule is CC(C)(C)OC(=O)NC(CC=O)c1ccco1. The second-order valence-corrected chi connectivity index (χ2v) is 4.62. The van der Waals surface area contributed by atoms with Gasteiger partial charge in [0.25, 0.3) is 0 Å². The Hall–Kier alpha value is -1.78. The molecule has 17 heavy (non-hydrogen) atoms. The van der Waals surface area contributed by atoms with Crippen LogP contribution in [0.5, 0.6) is 0 Å². The number of aldehydes is 1. The maximum absolute atomic E-state index is 11.5. The van der Waals surface area contributed by atoms with Gasteiger partial charge < -0.3 is 19.3 Å². The summed E-state index contributed by atoms with van der Waals surface area (Å²) in [6, 6.07) is 2.91. The van der Waals surface area contributed by atoms with E-state index in [0.717, 1.165) is 6.29 Å². The van der Waals surface area contributed by atoms with E-state index in [0.29, 0.717) is 5.76 Å². The molecular formula is C12H17NO4. The lowest BCUT2D eigenvalue weighted by Crippen LogP contribution is -2.35. The Morgan fingerprint density at radius 2 is 2.29 bits per heavy atom. The number of hydrogen-bond donors (Lipinski definition) is 1. The predicted octanol–water partition coefficient (Wildman–Crippen LogP) is 2.43. The quantitative estimate of drug-likeness (QED) is 0.819. The fourth-order valence-corrected chi connectivity index (χ4v) is 1.28. The maximum atomic E-state index is 11.5. The molecule has 1 N–H and O–H groups in total. The Morgan fingerprint density at radius 1 is 1.59 bits per heavy atom. The molecule has 0 aliphatic heterocycles. The molecule has 1 aromatic rings. The molecule has 0 aliphatic carbocycles. The Labute approximate surface area is 100 Å². The van der Waals surface area contributed by atoms with Gasteiger partial charge in [0.15, 0.2) is 0 Å². The van der Waals surface area contributed by atoms with Gasteiger partial charge in [0, 0.05) is 6.42 Å². The molecule has 1 amide bonds. The van der Waals surface area contributed by atoms with Crippen LogP contribution in [0.25, 0.3) is 0 Å². The summed E-state index contributed by atoms with van der Waals surface area (Å²) >= 11 is 0. The molecule has 1 unspecified atom stereocenters. The Morgan fingerprint density at radius 3 is 2.76 bits per heavy atom. The van der Waals surface area contributed by atoms with Gasteiger partial charge in [0.2, 0.25) is 0 Å². The van der Waals surface area contributed by atoms with Crippen LogP contribution < -0.4 is 5.32 Å². The summed E-state index contributed by atoms with van der Waals surface area (Å²) in [5.74, 6) is 0.531. The summed E-state index contributed by atoms with van der Waals surface area (Å²) in [7, 11) is 0. The Kier molecular flexibility index (Phi) is 4.31. The van der Waals surface area contributed by atoms with Crippen molar-refractivity contribution in [1.82, 2.24) is 5.32 Å². The van der Waals surface area contributed by atoms with Crippen LogP contribution in [0.1, 0.15) is 39.0 Å². The molecule has 5 heteroatoms. The lowest BCUT2D eigenvalue weighted by molar-refractivity contribution is -0.108. The topological polar surface area (TPSA) is 68.5 Å². The van der Waals surface area contributed by atoms with Crippen LogP contribution in [0.3, 0.4) is 0 Å². The summed E-state index contributed by atoms with van der Waals surface area (Å²) in [4.78, 5) is 22.1. The van der Waals surface area contributed by atoms with Crippen LogP contribution in [-0.2, 0) is 9.53 Å². The molecule has 0 saturated carbocycles. The van der Waals surface area contributed by atoms with E-state index in [1.807, 2.05) is 0 Å². The first-order chi connectivity index (χ1) is 7.92. The zero-order valence-electron chi connectivity index (χ0n) is 10.2. The van der Waals surface area contributed by atoms with Gasteiger partial charge in [-0.05, 0) is 32.9 Å². The minimum atomic E-state index is -0.570. The van der Waals surface area contributed by atoms with E-state index in [1.165, 1.54) is 6.26 Å². The lowest BCUT2D eigenvalue weighted by Gasteiger charge is -2.22. The van der Waals surface area contributed by atoms with Crippen molar-refractivity contribution < 1.29 is 18.7 Å². The first kappa shape index (κ1) is 13.3. The Bertz CT molecular complexity index is 364. The molecule has 0 fully saturated rings. The predicted molar refractivity (Wildman–Crippen MR) is 61.5 cm³/mol. The highest BCUT2D eigenvalue weighted by Crippen LogP contribution is 2.17. The van der Waals surface area contributed by atoms with Crippen LogP contribution in [0, 0.1) is 0 Å². The van der Waals surface area contributed by atoms with Crippen molar-refractivity contribution in [3.63, 3.8) is 0 Å². The molecule has 1 rings (SSSR count). The summed E-state index contributed by atoms with van der Waals surface area (Å²) in [5, 5.41) is 2.59. The molecule has 5 nitrogen and oxygen atoms in total. The maximum Gasteiger partial charge on any atom is 0.408 e. The summed E-state index contributed by atoms with van der Waals surface area (Å²) < 4.78 is 10.3. The van der Waals surface area contributed by atoms with E-state index < -0.39 is 17.7 Å². The average molecular weight is 239 g/mol. The number of ether oxygens (including phenoxy) is 1. The zero-order chi connectivity index (χ0) is 12.9. The minimum Gasteiger partial charge on any atom is -0.467 e. The molecule has 0 aliphatic rings. The van der Waals surface area contributed by atoms with Crippen LogP contribution >= 0.6 is 0 Å². The smallest absolute Gasteiger partial charge is 0.408 e. The van der Waals surface area contributed by atoms with Crippen LogP contribution in [0.15, 0.2) is 22.8 Å². The van der Waals surface area contributed by atoms with Gasteiger partial charge in [-0.25, -0.2) is 4.79 Å². The molecular weight excluding hydrogens is 222 g/mol. The third-order valence-electron chi connectivity index (χ3n) is 1.91. The summed E-state index contributed by atoms with van der Waals surface area (Å²) in [6.07, 6.45) is 1.79. The van der Waals surface area contributed by atoms with E-state index in [9.17, 15) is 9.59 Å².